The maximum absolute atomic E-state index is 2.38. The molecule has 0 saturated heterocycles. The average molecular weight is 140 g/mol. The van der Waals surface area contributed by atoms with Crippen molar-refractivity contribution in [2.45, 2.75) is 41.0 Å². The van der Waals surface area contributed by atoms with Crippen molar-refractivity contribution in [1.82, 2.24) is 0 Å². The molecule has 0 N–H and O–H groups in total. The maximum atomic E-state index is 2.38. The Morgan fingerprint density at radius 1 is 1.00 bits per heavy atom. The predicted octanol–water partition coefficient (Wildman–Crippen LogP) is 3.32. The molecule has 1 aliphatic carbocycles. The second-order valence-corrected chi connectivity index (χ2v) is 5.08. The molecule has 0 heterocycles. The third-order valence-corrected chi connectivity index (χ3v) is 2.97. The fourth-order valence-electron chi connectivity index (χ4n) is 2.95. The van der Waals surface area contributed by atoms with Gasteiger partial charge in [0.25, 0.3) is 0 Å². The zero-order chi connectivity index (χ0) is 7.94. The molecule has 1 rings (SSSR count). The summed E-state index contributed by atoms with van der Waals surface area (Å²) in [5, 5.41) is 0. The van der Waals surface area contributed by atoms with Gasteiger partial charge in [-0.15, -0.1) is 0 Å². The molecule has 0 aromatic heterocycles. The molecule has 2 atom stereocenters. The molecule has 0 aromatic rings. The van der Waals surface area contributed by atoms with E-state index in [0.717, 1.165) is 17.8 Å². The molecular weight excluding hydrogens is 120 g/mol. The summed E-state index contributed by atoms with van der Waals surface area (Å²) in [5.41, 5.74) is 0.539. The van der Waals surface area contributed by atoms with E-state index in [-0.39, 0.29) is 0 Å². The van der Waals surface area contributed by atoms with Crippen LogP contribution in [0.15, 0.2) is 0 Å². The maximum Gasteiger partial charge on any atom is -0.0314 e. The van der Waals surface area contributed by atoms with Gasteiger partial charge in [-0.1, -0.05) is 34.6 Å². The van der Waals surface area contributed by atoms with E-state index in [2.05, 4.69) is 34.6 Å². The summed E-state index contributed by atoms with van der Waals surface area (Å²) in [6, 6.07) is 0. The number of hydrogen-bond acceptors (Lipinski definition) is 0. The van der Waals surface area contributed by atoms with Gasteiger partial charge in [-0.25, -0.2) is 0 Å². The Bertz CT molecular complexity index is 110. The van der Waals surface area contributed by atoms with Gasteiger partial charge in [0.1, 0.15) is 0 Å². The van der Waals surface area contributed by atoms with Crippen LogP contribution in [-0.2, 0) is 0 Å². The van der Waals surface area contributed by atoms with E-state index in [0.29, 0.717) is 5.41 Å². The minimum Gasteiger partial charge on any atom is -0.0622 e. The Kier molecular flexibility index (Phi) is 1.82. The zero-order valence-corrected chi connectivity index (χ0v) is 7.94. The zero-order valence-electron chi connectivity index (χ0n) is 7.94. The summed E-state index contributed by atoms with van der Waals surface area (Å²) in [7, 11) is 0. The van der Waals surface area contributed by atoms with Crippen molar-refractivity contribution < 1.29 is 0 Å². The van der Waals surface area contributed by atoms with E-state index in [1.165, 1.54) is 6.42 Å². The molecule has 10 heavy (non-hydrogen) atoms. The van der Waals surface area contributed by atoms with Gasteiger partial charge >= 0.3 is 0 Å². The van der Waals surface area contributed by atoms with Crippen molar-refractivity contribution in [3.63, 3.8) is 0 Å². The van der Waals surface area contributed by atoms with E-state index in [1.54, 1.807) is 0 Å². The molecular formula is C10H20. The molecule has 0 spiro atoms. The second-order valence-electron chi connectivity index (χ2n) is 5.08. The van der Waals surface area contributed by atoms with E-state index in [4.69, 9.17) is 0 Å². The first-order valence-electron chi connectivity index (χ1n) is 4.43. The second kappa shape index (κ2) is 2.25. The number of rotatable bonds is 0. The van der Waals surface area contributed by atoms with Gasteiger partial charge in [0.05, 0.1) is 0 Å². The van der Waals surface area contributed by atoms with E-state index in [9.17, 15) is 0 Å². The van der Waals surface area contributed by atoms with E-state index in [1.807, 2.05) is 0 Å². The van der Waals surface area contributed by atoms with Crippen LogP contribution in [0.1, 0.15) is 41.0 Å². The molecule has 2 unspecified atom stereocenters. The van der Waals surface area contributed by atoms with Crippen LogP contribution < -0.4 is 0 Å². The minimum atomic E-state index is 0.539. The topological polar surface area (TPSA) is 0 Å². The highest BCUT2D eigenvalue weighted by molar-refractivity contribution is 4.91. The first kappa shape index (κ1) is 8.10. The van der Waals surface area contributed by atoms with Crippen LogP contribution in [0.2, 0.25) is 0 Å². The van der Waals surface area contributed by atoms with Gasteiger partial charge in [0.2, 0.25) is 0 Å². The molecule has 0 bridgehead atoms. The van der Waals surface area contributed by atoms with E-state index < -0.39 is 0 Å². The van der Waals surface area contributed by atoms with Crippen LogP contribution in [0.5, 0.6) is 0 Å². The first-order chi connectivity index (χ1) is 4.43. The highest BCUT2D eigenvalue weighted by Gasteiger charge is 2.41. The third-order valence-electron chi connectivity index (χ3n) is 2.97. The van der Waals surface area contributed by atoms with Crippen LogP contribution in [0, 0.1) is 23.2 Å². The van der Waals surface area contributed by atoms with Crippen LogP contribution in [-0.4, -0.2) is 0 Å². The van der Waals surface area contributed by atoms with Crippen molar-refractivity contribution in [2.75, 3.05) is 0 Å². The Balaban J connectivity index is 2.55. The summed E-state index contributed by atoms with van der Waals surface area (Å²) in [6.07, 6.45) is 1.45. The minimum absolute atomic E-state index is 0.539. The van der Waals surface area contributed by atoms with Crippen molar-refractivity contribution in [2.24, 2.45) is 23.2 Å². The van der Waals surface area contributed by atoms with Crippen molar-refractivity contribution in [3.05, 3.63) is 0 Å². The van der Waals surface area contributed by atoms with Gasteiger partial charge in [-0.3, -0.25) is 0 Å². The highest BCUT2D eigenvalue weighted by atomic mass is 14.5. The van der Waals surface area contributed by atoms with Crippen LogP contribution in [0.4, 0.5) is 0 Å². The lowest BCUT2D eigenvalue weighted by molar-refractivity contribution is 0.00233. The standard InChI is InChI=1S/C10H20/c1-7-6-8(2)9(7)10(3,4)5/h7-9H,6H2,1-5H3. The van der Waals surface area contributed by atoms with Gasteiger partial charge in [0.15, 0.2) is 0 Å². The van der Waals surface area contributed by atoms with Gasteiger partial charge in [-0.2, -0.15) is 0 Å². The predicted molar refractivity (Wildman–Crippen MR) is 45.9 cm³/mol. The smallest absolute Gasteiger partial charge is 0.0314 e. The quantitative estimate of drug-likeness (QED) is 0.484. The lowest BCUT2D eigenvalue weighted by Crippen LogP contribution is -2.41. The van der Waals surface area contributed by atoms with Crippen LogP contribution in [0.25, 0.3) is 0 Å². The Labute approximate surface area is 65.0 Å². The molecule has 0 aromatic carbocycles. The summed E-state index contributed by atoms with van der Waals surface area (Å²) >= 11 is 0. The SMILES string of the molecule is CC1CC(C)C1C(C)(C)C. The summed E-state index contributed by atoms with van der Waals surface area (Å²) in [6.45, 7) is 11.9. The monoisotopic (exact) mass is 140 g/mol. The summed E-state index contributed by atoms with van der Waals surface area (Å²) < 4.78 is 0. The fraction of sp³-hybridized carbons (Fsp3) is 1.00. The summed E-state index contributed by atoms with van der Waals surface area (Å²) in [5.74, 6) is 2.90. The van der Waals surface area contributed by atoms with Crippen molar-refractivity contribution in [3.8, 4) is 0 Å². The van der Waals surface area contributed by atoms with Gasteiger partial charge < -0.3 is 0 Å². The highest BCUT2D eigenvalue weighted by Crippen LogP contribution is 2.49. The molecule has 0 radical (unpaired) electrons. The van der Waals surface area contributed by atoms with E-state index >= 15 is 0 Å². The molecule has 1 aliphatic rings. The molecule has 0 amide bonds. The Morgan fingerprint density at radius 2 is 1.40 bits per heavy atom. The largest absolute Gasteiger partial charge is 0.0622 e. The molecule has 60 valence electrons. The molecule has 0 aliphatic heterocycles. The molecule has 1 fully saturated rings. The lowest BCUT2D eigenvalue weighted by Gasteiger charge is -2.49. The first-order valence-corrected chi connectivity index (χ1v) is 4.43. The third kappa shape index (κ3) is 1.21. The Morgan fingerprint density at radius 3 is 1.50 bits per heavy atom. The fourth-order valence-corrected chi connectivity index (χ4v) is 2.95. The van der Waals surface area contributed by atoms with Crippen LogP contribution in [0.3, 0.4) is 0 Å². The molecule has 0 heteroatoms. The Hall–Kier alpha value is 0. The molecule has 1 saturated carbocycles. The van der Waals surface area contributed by atoms with Crippen LogP contribution >= 0.6 is 0 Å². The summed E-state index contributed by atoms with van der Waals surface area (Å²) in [4.78, 5) is 0. The molecule has 0 nitrogen and oxygen atoms in total. The normalized spacial score (nSPS) is 41.1. The number of hydrogen-bond donors (Lipinski definition) is 0. The van der Waals surface area contributed by atoms with Crippen molar-refractivity contribution in [1.29, 1.82) is 0 Å². The van der Waals surface area contributed by atoms with Gasteiger partial charge in [-0.05, 0) is 29.6 Å². The lowest BCUT2D eigenvalue weighted by atomic mass is 9.56. The van der Waals surface area contributed by atoms with Gasteiger partial charge in [0, 0.05) is 0 Å². The average Bonchev–Trinajstić information content (AvgIpc) is 1.58. The van der Waals surface area contributed by atoms with Crippen molar-refractivity contribution >= 4 is 0 Å².